The van der Waals surface area contributed by atoms with Crippen LogP contribution in [0.2, 0.25) is 0 Å². The summed E-state index contributed by atoms with van der Waals surface area (Å²) in [6, 6.07) is 4.03. The summed E-state index contributed by atoms with van der Waals surface area (Å²) in [5, 5.41) is 0. The molecule has 0 atom stereocenters. The van der Waals surface area contributed by atoms with Crippen LogP contribution in [0.1, 0.15) is 40.3 Å². The molecule has 0 spiro atoms. The van der Waals surface area contributed by atoms with Gasteiger partial charge in [0, 0.05) is 18.1 Å². The van der Waals surface area contributed by atoms with Crippen LogP contribution in [0.4, 0.5) is 0 Å². The number of allylic oxidation sites excluding steroid dienone is 3. The Bertz CT molecular complexity index is 340. The van der Waals surface area contributed by atoms with Crippen molar-refractivity contribution in [1.29, 1.82) is 0 Å². The number of rotatable bonds is 1. The Balaban J connectivity index is 0.000000509. The predicted octanol–water partition coefficient (Wildman–Crippen LogP) is 4.44. The van der Waals surface area contributed by atoms with Crippen LogP contribution in [-0.2, 0) is 0 Å². The molecule has 2 heterocycles. The average Bonchev–Trinajstić information content (AvgIpc) is 3.06. The summed E-state index contributed by atoms with van der Waals surface area (Å²) in [7, 11) is 0. The van der Waals surface area contributed by atoms with E-state index in [0.717, 1.165) is 11.4 Å². The fourth-order valence-electron chi connectivity index (χ4n) is 1.22. The molecule has 0 amide bonds. The van der Waals surface area contributed by atoms with Crippen LogP contribution in [0.5, 0.6) is 0 Å². The predicted molar refractivity (Wildman–Crippen MR) is 73.7 cm³/mol. The Morgan fingerprint density at radius 2 is 1.88 bits per heavy atom. The molecule has 2 nitrogen and oxygen atoms in total. The van der Waals surface area contributed by atoms with Crippen molar-refractivity contribution in [2.75, 3.05) is 0 Å². The third-order valence-electron chi connectivity index (χ3n) is 1.94. The fraction of sp³-hybridized carbons (Fsp3) is 0.357. The minimum atomic E-state index is 1.04. The van der Waals surface area contributed by atoms with Gasteiger partial charge in [-0.05, 0) is 36.8 Å². The van der Waals surface area contributed by atoms with Crippen molar-refractivity contribution in [1.82, 2.24) is 4.98 Å². The van der Waals surface area contributed by atoms with E-state index < -0.39 is 0 Å². The number of aromatic amines is 1. The van der Waals surface area contributed by atoms with E-state index in [1.807, 2.05) is 64.4 Å². The summed E-state index contributed by atoms with van der Waals surface area (Å²) in [5.74, 6) is 0. The van der Waals surface area contributed by atoms with Crippen LogP contribution < -0.4 is 0 Å². The van der Waals surface area contributed by atoms with E-state index in [-0.39, 0.29) is 0 Å². The maximum absolute atomic E-state index is 4.22. The largest absolute Gasteiger partial charge is 0.361 e. The maximum atomic E-state index is 4.22. The van der Waals surface area contributed by atoms with Crippen molar-refractivity contribution >= 4 is 11.8 Å². The summed E-state index contributed by atoms with van der Waals surface area (Å²) >= 11 is 0. The average molecular weight is 218 g/mol. The summed E-state index contributed by atoms with van der Waals surface area (Å²) in [6.45, 7) is 10.1. The minimum Gasteiger partial charge on any atom is -0.361 e. The molecular formula is C14H22N2. The highest BCUT2D eigenvalue weighted by Crippen LogP contribution is 2.19. The molecule has 1 aromatic heterocycles. The van der Waals surface area contributed by atoms with Gasteiger partial charge in [0.05, 0.1) is 5.70 Å². The molecule has 0 saturated carbocycles. The smallest absolute Gasteiger partial charge is 0.0680 e. The van der Waals surface area contributed by atoms with Crippen molar-refractivity contribution < 1.29 is 0 Å². The molecule has 0 radical (unpaired) electrons. The van der Waals surface area contributed by atoms with E-state index in [9.17, 15) is 0 Å². The molecule has 0 unspecified atom stereocenters. The molecule has 1 aliphatic heterocycles. The molecule has 1 N–H and O–H groups in total. The van der Waals surface area contributed by atoms with E-state index in [1.54, 1.807) is 0 Å². The zero-order valence-corrected chi connectivity index (χ0v) is 10.9. The van der Waals surface area contributed by atoms with Gasteiger partial charge in [0.25, 0.3) is 0 Å². The Morgan fingerprint density at radius 1 is 1.19 bits per heavy atom. The van der Waals surface area contributed by atoms with Crippen LogP contribution in [-0.4, -0.2) is 11.2 Å². The van der Waals surface area contributed by atoms with Crippen LogP contribution in [0.15, 0.2) is 41.2 Å². The van der Waals surface area contributed by atoms with Gasteiger partial charge in [-0.3, -0.25) is 4.99 Å². The monoisotopic (exact) mass is 218 g/mol. The first-order valence-electron chi connectivity index (χ1n) is 5.93. The first-order chi connectivity index (χ1) is 7.88. The van der Waals surface area contributed by atoms with Gasteiger partial charge in [-0.25, -0.2) is 0 Å². The van der Waals surface area contributed by atoms with Gasteiger partial charge in [-0.1, -0.05) is 27.7 Å². The lowest BCUT2D eigenvalue weighted by Gasteiger charge is -1.98. The minimum absolute atomic E-state index is 1.04. The van der Waals surface area contributed by atoms with Gasteiger partial charge >= 0.3 is 0 Å². The van der Waals surface area contributed by atoms with Gasteiger partial charge in [0.2, 0.25) is 0 Å². The van der Waals surface area contributed by atoms with E-state index in [2.05, 4.69) is 16.9 Å². The second kappa shape index (κ2) is 8.72. The molecule has 16 heavy (non-hydrogen) atoms. The van der Waals surface area contributed by atoms with Crippen molar-refractivity contribution in [2.45, 2.75) is 34.6 Å². The first kappa shape index (κ1) is 14.4. The molecule has 88 valence electrons. The van der Waals surface area contributed by atoms with Gasteiger partial charge in [0.15, 0.2) is 0 Å². The zero-order valence-electron chi connectivity index (χ0n) is 10.9. The molecule has 0 bridgehead atoms. The summed E-state index contributed by atoms with van der Waals surface area (Å²) in [4.78, 5) is 7.36. The number of nitrogens with one attached hydrogen (secondary N) is 1. The van der Waals surface area contributed by atoms with Gasteiger partial charge in [-0.2, -0.15) is 0 Å². The number of hydrogen-bond acceptors (Lipinski definition) is 1. The van der Waals surface area contributed by atoms with Crippen molar-refractivity contribution in [2.24, 2.45) is 4.99 Å². The highest BCUT2D eigenvalue weighted by Gasteiger charge is 2.02. The molecule has 2 heteroatoms. The van der Waals surface area contributed by atoms with Gasteiger partial charge in [-0.15, -0.1) is 0 Å². The first-order valence-corrected chi connectivity index (χ1v) is 5.93. The number of aliphatic imine (C=N–C) groups is 1. The fourth-order valence-corrected chi connectivity index (χ4v) is 1.22. The quantitative estimate of drug-likeness (QED) is 0.722. The summed E-state index contributed by atoms with van der Waals surface area (Å²) < 4.78 is 0. The third kappa shape index (κ3) is 3.89. The topological polar surface area (TPSA) is 28.1 Å². The van der Waals surface area contributed by atoms with Crippen LogP contribution in [0, 0.1) is 0 Å². The van der Waals surface area contributed by atoms with Crippen molar-refractivity contribution in [3.63, 3.8) is 0 Å². The Morgan fingerprint density at radius 3 is 2.31 bits per heavy atom. The number of aromatic nitrogens is 1. The number of hydrogen-bond donors (Lipinski definition) is 1. The lowest BCUT2D eigenvalue weighted by Crippen LogP contribution is -1.81. The normalized spacial score (nSPS) is 14.8. The molecular weight excluding hydrogens is 196 g/mol. The van der Waals surface area contributed by atoms with E-state index in [0.29, 0.717) is 0 Å². The van der Waals surface area contributed by atoms with Crippen LogP contribution >= 0.6 is 0 Å². The zero-order chi connectivity index (χ0) is 12.4. The maximum Gasteiger partial charge on any atom is 0.0680 e. The Hall–Kier alpha value is -1.57. The molecule has 0 fully saturated rings. The van der Waals surface area contributed by atoms with Crippen LogP contribution in [0.25, 0.3) is 5.57 Å². The van der Waals surface area contributed by atoms with Crippen molar-refractivity contribution in [3.8, 4) is 0 Å². The lowest BCUT2D eigenvalue weighted by molar-refractivity contribution is 1.31. The van der Waals surface area contributed by atoms with Gasteiger partial charge < -0.3 is 4.98 Å². The lowest BCUT2D eigenvalue weighted by atomic mass is 10.2. The number of nitrogens with zero attached hydrogens (tertiary/aromatic N) is 1. The SMILES string of the molecule is C/C(=C1\C=CC=N1)c1ccc[nH]1.CC.CC. The molecule has 0 saturated heterocycles. The molecule has 2 rings (SSSR count). The summed E-state index contributed by atoms with van der Waals surface area (Å²) in [5.41, 5.74) is 3.36. The second-order valence-electron chi connectivity index (χ2n) is 2.73. The summed E-state index contributed by atoms with van der Waals surface area (Å²) in [6.07, 6.45) is 7.68. The number of H-pyrrole nitrogens is 1. The highest BCUT2D eigenvalue weighted by atomic mass is 14.8. The van der Waals surface area contributed by atoms with Crippen molar-refractivity contribution in [3.05, 3.63) is 41.9 Å². The van der Waals surface area contributed by atoms with E-state index in [4.69, 9.17) is 0 Å². The molecule has 1 aromatic rings. The van der Waals surface area contributed by atoms with E-state index >= 15 is 0 Å². The van der Waals surface area contributed by atoms with Gasteiger partial charge in [0.1, 0.15) is 0 Å². The standard InChI is InChI=1S/C10H10N2.2C2H6/c1-8(9-4-2-6-11-9)10-5-3-7-12-10;2*1-2/h2-7,11H,1H3;2*1-2H3/b10-8-;;. The third-order valence-corrected chi connectivity index (χ3v) is 1.94. The molecule has 0 aliphatic carbocycles. The van der Waals surface area contributed by atoms with Crippen LogP contribution in [0.3, 0.4) is 0 Å². The van der Waals surface area contributed by atoms with E-state index in [1.165, 1.54) is 5.57 Å². The molecule has 0 aromatic carbocycles. The second-order valence-corrected chi connectivity index (χ2v) is 2.73. The molecule has 1 aliphatic rings. The highest BCUT2D eigenvalue weighted by molar-refractivity contribution is 5.81. The Kier molecular flexibility index (Phi) is 7.86. The Labute approximate surface area is 98.8 Å².